The summed E-state index contributed by atoms with van der Waals surface area (Å²) in [5, 5.41) is 12.7. The van der Waals surface area contributed by atoms with Crippen molar-refractivity contribution in [2.24, 2.45) is 0 Å². The first-order valence-electron chi connectivity index (χ1n) is 4.40. The van der Waals surface area contributed by atoms with Crippen molar-refractivity contribution < 1.29 is 9.52 Å². The van der Waals surface area contributed by atoms with Crippen molar-refractivity contribution in [1.29, 1.82) is 0 Å². The molecule has 3 nitrogen and oxygen atoms in total. The van der Waals surface area contributed by atoms with E-state index in [2.05, 4.69) is 12.2 Å². The van der Waals surface area contributed by atoms with Gasteiger partial charge in [0.15, 0.2) is 11.4 Å². The van der Waals surface area contributed by atoms with Gasteiger partial charge < -0.3 is 9.52 Å². The highest BCUT2D eigenvalue weighted by atomic mass is 35.5. The maximum Gasteiger partial charge on any atom is 0.193 e. The van der Waals surface area contributed by atoms with Crippen LogP contribution >= 0.6 is 11.6 Å². The molecule has 0 radical (unpaired) electrons. The SMILES string of the molecule is CCCCNC(O)c1ccc(Cl)o1. The van der Waals surface area contributed by atoms with E-state index in [1.165, 1.54) is 0 Å². The smallest absolute Gasteiger partial charge is 0.193 e. The van der Waals surface area contributed by atoms with Crippen molar-refractivity contribution in [3.63, 3.8) is 0 Å². The molecule has 2 N–H and O–H groups in total. The molecule has 1 aromatic rings. The van der Waals surface area contributed by atoms with Gasteiger partial charge >= 0.3 is 0 Å². The summed E-state index contributed by atoms with van der Waals surface area (Å²) in [7, 11) is 0. The first kappa shape index (κ1) is 10.6. The second kappa shape index (κ2) is 5.27. The molecule has 74 valence electrons. The maximum atomic E-state index is 9.50. The minimum absolute atomic E-state index is 0.298. The maximum absolute atomic E-state index is 9.50. The molecule has 0 fully saturated rings. The Morgan fingerprint density at radius 2 is 2.38 bits per heavy atom. The molecule has 0 aliphatic heterocycles. The Morgan fingerprint density at radius 3 is 2.92 bits per heavy atom. The van der Waals surface area contributed by atoms with Gasteiger partial charge in [-0.15, -0.1) is 0 Å². The number of aliphatic hydroxyl groups is 1. The molecular formula is C9H14ClNO2. The third-order valence-corrected chi connectivity index (χ3v) is 1.93. The lowest BCUT2D eigenvalue weighted by Crippen LogP contribution is -2.21. The average Bonchev–Trinajstić information content (AvgIpc) is 2.52. The zero-order valence-electron chi connectivity index (χ0n) is 7.59. The van der Waals surface area contributed by atoms with Crippen LogP contribution in [-0.2, 0) is 0 Å². The van der Waals surface area contributed by atoms with Crippen LogP contribution < -0.4 is 5.32 Å². The van der Waals surface area contributed by atoms with E-state index >= 15 is 0 Å². The van der Waals surface area contributed by atoms with Gasteiger partial charge in [-0.05, 0) is 36.7 Å². The molecule has 1 unspecified atom stereocenters. The number of hydrogen-bond donors (Lipinski definition) is 2. The van der Waals surface area contributed by atoms with Gasteiger partial charge in [0.05, 0.1) is 0 Å². The van der Waals surface area contributed by atoms with E-state index in [-0.39, 0.29) is 0 Å². The number of unbranched alkanes of at least 4 members (excludes halogenated alkanes) is 1. The third-order valence-electron chi connectivity index (χ3n) is 1.73. The molecular weight excluding hydrogens is 190 g/mol. The molecule has 0 saturated heterocycles. The fourth-order valence-electron chi connectivity index (χ4n) is 0.991. The van der Waals surface area contributed by atoms with Gasteiger partial charge in [-0.2, -0.15) is 0 Å². The number of halogens is 1. The summed E-state index contributed by atoms with van der Waals surface area (Å²) in [6.07, 6.45) is 1.38. The molecule has 13 heavy (non-hydrogen) atoms. The fourth-order valence-corrected chi connectivity index (χ4v) is 1.14. The van der Waals surface area contributed by atoms with Gasteiger partial charge in [-0.3, -0.25) is 5.32 Å². The molecule has 1 heterocycles. The Bertz CT molecular complexity index is 250. The lowest BCUT2D eigenvalue weighted by molar-refractivity contribution is 0.114. The second-order valence-corrected chi connectivity index (χ2v) is 3.22. The lowest BCUT2D eigenvalue weighted by atomic mass is 10.3. The number of furan rings is 1. The molecule has 0 aromatic carbocycles. The van der Waals surface area contributed by atoms with Crippen molar-refractivity contribution in [1.82, 2.24) is 5.32 Å². The highest BCUT2D eigenvalue weighted by Gasteiger charge is 2.09. The summed E-state index contributed by atoms with van der Waals surface area (Å²) in [6.45, 7) is 2.87. The van der Waals surface area contributed by atoms with Gasteiger partial charge in [0.1, 0.15) is 5.76 Å². The monoisotopic (exact) mass is 203 g/mol. The van der Waals surface area contributed by atoms with E-state index in [1.54, 1.807) is 12.1 Å². The number of aliphatic hydroxyl groups excluding tert-OH is 1. The average molecular weight is 204 g/mol. The lowest BCUT2D eigenvalue weighted by Gasteiger charge is -2.08. The highest BCUT2D eigenvalue weighted by molar-refractivity contribution is 6.28. The number of rotatable bonds is 5. The predicted octanol–water partition coefficient (Wildman–Crippen LogP) is 2.31. The molecule has 1 atom stereocenters. The molecule has 0 amide bonds. The van der Waals surface area contributed by atoms with Crippen LogP contribution in [0.1, 0.15) is 31.8 Å². The van der Waals surface area contributed by atoms with E-state index in [1.807, 2.05) is 0 Å². The number of nitrogens with one attached hydrogen (secondary N) is 1. The van der Waals surface area contributed by atoms with E-state index in [9.17, 15) is 5.11 Å². The van der Waals surface area contributed by atoms with Gasteiger partial charge in [-0.1, -0.05) is 13.3 Å². The zero-order valence-corrected chi connectivity index (χ0v) is 8.34. The summed E-state index contributed by atoms with van der Waals surface area (Å²) in [6, 6.07) is 3.27. The Morgan fingerprint density at radius 1 is 1.62 bits per heavy atom. The molecule has 0 spiro atoms. The zero-order chi connectivity index (χ0) is 9.68. The van der Waals surface area contributed by atoms with Gasteiger partial charge in [0, 0.05) is 0 Å². The first-order valence-corrected chi connectivity index (χ1v) is 4.78. The summed E-state index contributed by atoms with van der Waals surface area (Å²) >= 11 is 5.56. The van der Waals surface area contributed by atoms with Crippen molar-refractivity contribution in [2.75, 3.05) is 6.54 Å². The third kappa shape index (κ3) is 3.38. The summed E-state index contributed by atoms with van der Waals surface area (Å²) in [4.78, 5) is 0. The second-order valence-electron chi connectivity index (χ2n) is 2.85. The van der Waals surface area contributed by atoms with Crippen LogP contribution in [0.3, 0.4) is 0 Å². The van der Waals surface area contributed by atoms with E-state index in [0.29, 0.717) is 11.0 Å². The fraction of sp³-hybridized carbons (Fsp3) is 0.556. The topological polar surface area (TPSA) is 45.4 Å². The summed E-state index contributed by atoms with van der Waals surface area (Å²) in [5.41, 5.74) is 0. The standard InChI is InChI=1S/C9H14ClNO2/c1-2-3-6-11-9(12)7-4-5-8(10)13-7/h4-5,9,11-12H,2-3,6H2,1H3. The predicted molar refractivity (Wildman–Crippen MR) is 51.6 cm³/mol. The Labute approximate surface area is 82.7 Å². The molecule has 0 bridgehead atoms. The summed E-state index contributed by atoms with van der Waals surface area (Å²) < 4.78 is 5.03. The van der Waals surface area contributed by atoms with Crippen molar-refractivity contribution in [3.8, 4) is 0 Å². The quantitative estimate of drug-likeness (QED) is 0.570. The summed E-state index contributed by atoms with van der Waals surface area (Å²) in [5.74, 6) is 0.459. The van der Waals surface area contributed by atoms with E-state index in [0.717, 1.165) is 19.4 Å². The minimum Gasteiger partial charge on any atom is -0.445 e. The van der Waals surface area contributed by atoms with Crippen molar-refractivity contribution >= 4 is 11.6 Å². The number of hydrogen-bond acceptors (Lipinski definition) is 3. The normalized spacial score (nSPS) is 13.2. The highest BCUT2D eigenvalue weighted by Crippen LogP contribution is 2.17. The van der Waals surface area contributed by atoms with E-state index in [4.69, 9.17) is 16.0 Å². The van der Waals surface area contributed by atoms with Crippen molar-refractivity contribution in [2.45, 2.75) is 26.0 Å². The Hall–Kier alpha value is -0.510. The van der Waals surface area contributed by atoms with Gasteiger partial charge in [0.25, 0.3) is 0 Å². The molecule has 0 saturated carbocycles. The Balaban J connectivity index is 2.35. The first-order chi connectivity index (χ1) is 6.24. The van der Waals surface area contributed by atoms with Crippen LogP contribution in [0.25, 0.3) is 0 Å². The molecule has 0 aliphatic rings. The minimum atomic E-state index is -0.751. The van der Waals surface area contributed by atoms with Crippen LogP contribution in [0.5, 0.6) is 0 Å². The van der Waals surface area contributed by atoms with Crippen LogP contribution in [0, 0.1) is 0 Å². The molecule has 0 aliphatic carbocycles. The molecule has 1 rings (SSSR count). The van der Waals surface area contributed by atoms with Crippen molar-refractivity contribution in [3.05, 3.63) is 23.1 Å². The van der Waals surface area contributed by atoms with Crippen LogP contribution in [0.2, 0.25) is 5.22 Å². The molecule has 1 aromatic heterocycles. The molecule has 4 heteroatoms. The Kier molecular flexibility index (Phi) is 4.28. The largest absolute Gasteiger partial charge is 0.445 e. The van der Waals surface area contributed by atoms with E-state index < -0.39 is 6.23 Å². The van der Waals surface area contributed by atoms with Crippen LogP contribution in [0.15, 0.2) is 16.5 Å². The van der Waals surface area contributed by atoms with Gasteiger partial charge in [-0.25, -0.2) is 0 Å². The van der Waals surface area contributed by atoms with Gasteiger partial charge in [0.2, 0.25) is 0 Å². The van der Waals surface area contributed by atoms with Crippen LogP contribution in [-0.4, -0.2) is 11.7 Å². The van der Waals surface area contributed by atoms with Crippen LogP contribution in [0.4, 0.5) is 0 Å².